The van der Waals surface area contributed by atoms with Crippen molar-refractivity contribution >= 4 is 23.5 Å². The monoisotopic (exact) mass is 298 g/mol. The van der Waals surface area contributed by atoms with Gasteiger partial charge in [0, 0.05) is 18.8 Å². The van der Waals surface area contributed by atoms with Crippen LogP contribution in [-0.4, -0.2) is 39.5 Å². The molecule has 1 aliphatic rings. The molecule has 110 valence electrons. The summed E-state index contributed by atoms with van der Waals surface area (Å²) in [7, 11) is 0. The molecule has 20 heavy (non-hydrogen) atoms. The smallest absolute Gasteiger partial charge is 0.323 e. The zero-order valence-corrected chi connectivity index (χ0v) is 12.4. The maximum absolute atomic E-state index is 12.6. The van der Waals surface area contributed by atoms with Gasteiger partial charge in [0.2, 0.25) is 0 Å². The van der Waals surface area contributed by atoms with Crippen LogP contribution in [0.15, 0.2) is 12.3 Å². The second kappa shape index (κ2) is 5.87. The Morgan fingerprint density at radius 3 is 2.65 bits per heavy atom. The molecule has 1 aromatic rings. The quantitative estimate of drug-likeness (QED) is 0.878. The molecule has 1 N–H and O–H groups in total. The molecule has 0 saturated heterocycles. The number of aromatic nitrogens is 1. The van der Waals surface area contributed by atoms with Crippen LogP contribution in [0.3, 0.4) is 0 Å². The van der Waals surface area contributed by atoms with Gasteiger partial charge in [0.25, 0.3) is 5.91 Å². The van der Waals surface area contributed by atoms with Crippen molar-refractivity contribution in [1.29, 1.82) is 0 Å². The normalized spacial score (nSPS) is 14.6. The highest BCUT2D eigenvalue weighted by Gasteiger charge is 2.30. The fourth-order valence-electron chi connectivity index (χ4n) is 2.26. The number of carbonyl (C=O) groups excluding carboxylic acids is 1. The van der Waals surface area contributed by atoms with Crippen molar-refractivity contribution < 1.29 is 14.7 Å². The summed E-state index contributed by atoms with van der Waals surface area (Å²) in [4.78, 5) is 24.9. The average Bonchev–Trinajstić information content (AvgIpc) is 3.09. The minimum Gasteiger partial charge on any atom is -0.480 e. The molecule has 1 amide bonds. The van der Waals surface area contributed by atoms with E-state index in [2.05, 4.69) is 0 Å². The van der Waals surface area contributed by atoms with E-state index in [1.165, 1.54) is 4.90 Å². The Bertz CT molecular complexity index is 520. The van der Waals surface area contributed by atoms with Gasteiger partial charge in [0.1, 0.15) is 12.2 Å². The van der Waals surface area contributed by atoms with E-state index in [0.717, 1.165) is 12.8 Å². The van der Waals surface area contributed by atoms with Gasteiger partial charge in [0.05, 0.1) is 5.02 Å². The number of carbonyl (C=O) groups is 2. The van der Waals surface area contributed by atoms with Crippen LogP contribution < -0.4 is 0 Å². The van der Waals surface area contributed by atoms with Gasteiger partial charge in [-0.25, -0.2) is 0 Å². The van der Waals surface area contributed by atoms with Crippen molar-refractivity contribution in [2.45, 2.75) is 32.7 Å². The van der Waals surface area contributed by atoms with Gasteiger partial charge in [-0.05, 0) is 24.8 Å². The van der Waals surface area contributed by atoms with Gasteiger partial charge in [-0.2, -0.15) is 0 Å². The van der Waals surface area contributed by atoms with E-state index in [1.807, 2.05) is 18.4 Å². The molecule has 6 heteroatoms. The Kier molecular flexibility index (Phi) is 4.38. The fraction of sp³-hybridized carbons (Fsp3) is 0.571. The van der Waals surface area contributed by atoms with Crippen LogP contribution in [-0.2, 0) is 4.79 Å². The molecular formula is C14H19ClN2O3. The summed E-state index contributed by atoms with van der Waals surface area (Å²) in [6, 6.07) is 1.95. The molecule has 1 aromatic heterocycles. The van der Waals surface area contributed by atoms with Crippen molar-refractivity contribution in [3.63, 3.8) is 0 Å². The predicted octanol–water partition coefficient (Wildman–Crippen LogP) is 2.66. The molecule has 2 rings (SSSR count). The van der Waals surface area contributed by atoms with Crippen LogP contribution in [0.1, 0.15) is 43.2 Å². The van der Waals surface area contributed by atoms with Crippen LogP contribution >= 0.6 is 11.6 Å². The number of halogens is 1. The molecule has 1 aliphatic carbocycles. The molecule has 0 aliphatic heterocycles. The Morgan fingerprint density at radius 2 is 2.15 bits per heavy atom. The Labute approximate surface area is 123 Å². The Morgan fingerprint density at radius 1 is 1.50 bits per heavy atom. The topological polar surface area (TPSA) is 62.5 Å². The third kappa shape index (κ3) is 3.54. The van der Waals surface area contributed by atoms with Crippen LogP contribution in [0.25, 0.3) is 0 Å². The van der Waals surface area contributed by atoms with Gasteiger partial charge >= 0.3 is 5.97 Å². The maximum atomic E-state index is 12.6. The van der Waals surface area contributed by atoms with E-state index in [0.29, 0.717) is 23.3 Å². The summed E-state index contributed by atoms with van der Waals surface area (Å²) in [5.41, 5.74) is 0.486. The van der Waals surface area contributed by atoms with Crippen LogP contribution in [0.2, 0.25) is 5.02 Å². The SMILES string of the molecule is CC(C)CN(CC(=O)O)C(=O)c1cc(Cl)cn1C1CC1. The van der Waals surface area contributed by atoms with Gasteiger partial charge in [-0.15, -0.1) is 0 Å². The molecule has 0 atom stereocenters. The highest BCUT2D eigenvalue weighted by Crippen LogP contribution is 2.37. The Balaban J connectivity index is 2.23. The zero-order chi connectivity index (χ0) is 14.9. The number of carboxylic acids is 1. The number of hydrogen-bond donors (Lipinski definition) is 1. The van der Waals surface area contributed by atoms with Crippen LogP contribution in [0, 0.1) is 5.92 Å². The molecule has 0 aromatic carbocycles. The van der Waals surface area contributed by atoms with Gasteiger partial charge < -0.3 is 14.6 Å². The zero-order valence-electron chi connectivity index (χ0n) is 11.7. The van der Waals surface area contributed by atoms with Gasteiger partial charge in [0.15, 0.2) is 0 Å². The minimum atomic E-state index is -1.00. The molecule has 0 radical (unpaired) electrons. The number of aliphatic carboxylic acids is 1. The minimum absolute atomic E-state index is 0.207. The molecule has 1 saturated carbocycles. The summed E-state index contributed by atoms with van der Waals surface area (Å²) in [5.74, 6) is -1.06. The van der Waals surface area contributed by atoms with E-state index in [-0.39, 0.29) is 18.4 Å². The molecule has 0 spiro atoms. The first-order valence-electron chi connectivity index (χ1n) is 6.77. The lowest BCUT2D eigenvalue weighted by Crippen LogP contribution is -2.39. The first kappa shape index (κ1) is 14.9. The highest BCUT2D eigenvalue weighted by atomic mass is 35.5. The maximum Gasteiger partial charge on any atom is 0.323 e. The first-order valence-corrected chi connectivity index (χ1v) is 7.14. The lowest BCUT2D eigenvalue weighted by Gasteiger charge is -2.23. The summed E-state index contributed by atoms with van der Waals surface area (Å²) in [6.07, 6.45) is 3.82. The van der Waals surface area contributed by atoms with Crippen molar-refractivity contribution in [3.8, 4) is 0 Å². The lowest BCUT2D eigenvalue weighted by molar-refractivity contribution is -0.137. The second-order valence-electron chi connectivity index (χ2n) is 5.66. The predicted molar refractivity (Wildman–Crippen MR) is 76.1 cm³/mol. The third-order valence-corrected chi connectivity index (χ3v) is 3.38. The van der Waals surface area contributed by atoms with E-state index in [1.54, 1.807) is 12.3 Å². The average molecular weight is 299 g/mol. The lowest BCUT2D eigenvalue weighted by atomic mass is 10.2. The van der Waals surface area contributed by atoms with Crippen LogP contribution in [0.4, 0.5) is 0 Å². The molecule has 1 heterocycles. The van der Waals surface area contributed by atoms with Crippen molar-refractivity contribution in [3.05, 3.63) is 23.0 Å². The molecule has 5 nitrogen and oxygen atoms in total. The number of amides is 1. The highest BCUT2D eigenvalue weighted by molar-refractivity contribution is 6.31. The molecule has 1 fully saturated rings. The van der Waals surface area contributed by atoms with E-state index in [9.17, 15) is 9.59 Å². The first-order chi connectivity index (χ1) is 9.38. The second-order valence-corrected chi connectivity index (χ2v) is 6.09. The molecule has 0 bridgehead atoms. The van der Waals surface area contributed by atoms with Crippen LogP contribution in [0.5, 0.6) is 0 Å². The third-order valence-electron chi connectivity index (χ3n) is 3.17. The number of rotatable bonds is 6. The number of carboxylic acid groups (broad SMARTS) is 1. The van der Waals surface area contributed by atoms with E-state index in [4.69, 9.17) is 16.7 Å². The van der Waals surface area contributed by atoms with E-state index >= 15 is 0 Å². The van der Waals surface area contributed by atoms with Crippen molar-refractivity contribution in [1.82, 2.24) is 9.47 Å². The van der Waals surface area contributed by atoms with Crippen molar-refractivity contribution in [2.24, 2.45) is 5.92 Å². The van der Waals surface area contributed by atoms with Gasteiger partial charge in [-0.3, -0.25) is 9.59 Å². The van der Waals surface area contributed by atoms with Crippen molar-refractivity contribution in [2.75, 3.05) is 13.1 Å². The largest absolute Gasteiger partial charge is 0.480 e. The standard InChI is InChI=1S/C14H19ClN2O3/c1-9(2)6-16(8-13(18)19)14(20)12-5-10(15)7-17(12)11-3-4-11/h5,7,9,11H,3-4,6,8H2,1-2H3,(H,18,19). The number of hydrogen-bond acceptors (Lipinski definition) is 2. The summed E-state index contributed by atoms with van der Waals surface area (Å²) in [6.45, 7) is 4.03. The summed E-state index contributed by atoms with van der Waals surface area (Å²) in [5, 5.41) is 9.48. The Hall–Kier alpha value is -1.49. The van der Waals surface area contributed by atoms with E-state index < -0.39 is 5.97 Å². The molecular weight excluding hydrogens is 280 g/mol. The molecule has 0 unspecified atom stereocenters. The van der Waals surface area contributed by atoms with Gasteiger partial charge in [-0.1, -0.05) is 25.4 Å². The summed E-state index contributed by atoms with van der Waals surface area (Å²) >= 11 is 5.99. The fourth-order valence-corrected chi connectivity index (χ4v) is 2.47. The summed E-state index contributed by atoms with van der Waals surface area (Å²) < 4.78 is 1.87. The number of nitrogens with zero attached hydrogens (tertiary/aromatic N) is 2.